The zero-order valence-corrected chi connectivity index (χ0v) is 20.9. The third-order valence-corrected chi connectivity index (χ3v) is 9.89. The third kappa shape index (κ3) is 5.50. The molecule has 184 valence electrons. The lowest BCUT2D eigenvalue weighted by Crippen LogP contribution is -2.41. The van der Waals surface area contributed by atoms with E-state index in [9.17, 15) is 22.4 Å². The molecule has 0 radical (unpaired) electrons. The molecule has 1 aromatic heterocycles. The molecule has 1 N–H and O–H groups in total. The van der Waals surface area contributed by atoms with Crippen molar-refractivity contribution in [3.05, 3.63) is 46.6 Å². The van der Waals surface area contributed by atoms with E-state index in [1.54, 1.807) is 24.4 Å². The third-order valence-electron chi connectivity index (χ3n) is 6.57. The van der Waals surface area contributed by atoms with E-state index in [4.69, 9.17) is 0 Å². The molecule has 0 aliphatic carbocycles. The van der Waals surface area contributed by atoms with Crippen molar-refractivity contribution in [1.82, 2.24) is 9.21 Å². The molecule has 2 aliphatic rings. The van der Waals surface area contributed by atoms with Crippen LogP contribution in [0.1, 0.15) is 54.4 Å². The number of likely N-dealkylation sites (tertiary alicyclic amines) is 1. The highest BCUT2D eigenvalue weighted by atomic mass is 32.2. The first-order chi connectivity index (χ1) is 16.3. The molecule has 1 aromatic carbocycles. The maximum atomic E-state index is 13.7. The molecule has 2 fully saturated rings. The molecule has 0 unspecified atom stereocenters. The number of amides is 2. The highest BCUT2D eigenvalue weighted by Gasteiger charge is 2.33. The first-order valence-electron chi connectivity index (χ1n) is 11.7. The molecule has 34 heavy (non-hydrogen) atoms. The number of hydrogen-bond donors (Lipinski definition) is 1. The van der Waals surface area contributed by atoms with Crippen LogP contribution in [-0.4, -0.2) is 55.6 Å². The largest absolute Gasteiger partial charge is 0.339 e. The Hall–Kier alpha value is -2.30. The van der Waals surface area contributed by atoms with Gasteiger partial charge >= 0.3 is 0 Å². The second-order valence-electron chi connectivity index (χ2n) is 8.99. The van der Waals surface area contributed by atoms with Crippen LogP contribution in [0, 0.1) is 18.7 Å². The van der Waals surface area contributed by atoms with E-state index in [1.165, 1.54) is 16.4 Å². The lowest BCUT2D eigenvalue weighted by molar-refractivity contribution is -0.120. The molecule has 2 aromatic rings. The van der Waals surface area contributed by atoms with Crippen LogP contribution >= 0.6 is 11.3 Å². The fourth-order valence-corrected chi connectivity index (χ4v) is 7.20. The molecule has 0 spiro atoms. The molecule has 2 aliphatic heterocycles. The number of thiophene rings is 1. The molecule has 0 bridgehead atoms. The molecule has 7 nitrogen and oxygen atoms in total. The SMILES string of the molecule is Cc1ccc(NC(=O)C2CCN(S(=O)(=O)c3cc(C(=O)N4CCCCCC4)cs3)CC2)cc1F. The van der Waals surface area contributed by atoms with Gasteiger partial charge in [0.1, 0.15) is 10.0 Å². The van der Waals surface area contributed by atoms with Crippen LogP contribution in [0.4, 0.5) is 10.1 Å². The monoisotopic (exact) mass is 507 g/mol. The lowest BCUT2D eigenvalue weighted by Gasteiger charge is -2.30. The standard InChI is InChI=1S/C24H30FN3O4S2/c1-17-6-7-20(15-21(17)25)26-23(29)18-8-12-28(13-9-18)34(31,32)22-14-19(16-33-22)24(30)27-10-4-2-3-5-11-27/h6-7,14-16,18H,2-5,8-13H2,1H3,(H,26,29). The minimum absolute atomic E-state index is 0.109. The molecule has 0 atom stereocenters. The summed E-state index contributed by atoms with van der Waals surface area (Å²) in [6, 6.07) is 6.02. The topological polar surface area (TPSA) is 86.8 Å². The van der Waals surface area contributed by atoms with Crippen LogP contribution in [0.3, 0.4) is 0 Å². The van der Waals surface area contributed by atoms with Gasteiger partial charge in [0, 0.05) is 43.2 Å². The average Bonchev–Trinajstić information content (AvgIpc) is 3.18. The Morgan fingerprint density at radius 2 is 1.71 bits per heavy atom. The number of halogens is 1. The number of piperidine rings is 1. The van der Waals surface area contributed by atoms with Gasteiger partial charge in [-0.1, -0.05) is 18.9 Å². The number of carbonyl (C=O) groups excluding carboxylic acids is 2. The van der Waals surface area contributed by atoms with Crippen molar-refractivity contribution < 1.29 is 22.4 Å². The molecule has 10 heteroatoms. The second-order valence-corrected chi connectivity index (χ2v) is 12.1. The Morgan fingerprint density at radius 3 is 2.35 bits per heavy atom. The van der Waals surface area contributed by atoms with Crippen molar-refractivity contribution in [1.29, 1.82) is 0 Å². The van der Waals surface area contributed by atoms with E-state index in [-0.39, 0.29) is 40.8 Å². The van der Waals surface area contributed by atoms with Crippen LogP contribution in [-0.2, 0) is 14.8 Å². The Morgan fingerprint density at radius 1 is 1.03 bits per heavy atom. The normalized spacial score (nSPS) is 18.5. The van der Waals surface area contributed by atoms with Crippen LogP contribution in [0.25, 0.3) is 0 Å². The van der Waals surface area contributed by atoms with Crippen molar-refractivity contribution in [2.45, 2.75) is 49.7 Å². The minimum Gasteiger partial charge on any atom is -0.339 e. The predicted molar refractivity (Wildman–Crippen MR) is 130 cm³/mol. The Labute approximate surface area is 204 Å². The van der Waals surface area contributed by atoms with Crippen molar-refractivity contribution >= 4 is 38.9 Å². The number of nitrogens with one attached hydrogen (secondary N) is 1. The van der Waals surface area contributed by atoms with Gasteiger partial charge in [-0.05, 0) is 56.4 Å². The van der Waals surface area contributed by atoms with Gasteiger partial charge in [0.2, 0.25) is 5.91 Å². The lowest BCUT2D eigenvalue weighted by atomic mass is 9.97. The molecular weight excluding hydrogens is 477 g/mol. The van der Waals surface area contributed by atoms with Gasteiger partial charge < -0.3 is 10.2 Å². The highest BCUT2D eigenvalue weighted by molar-refractivity contribution is 7.91. The number of benzene rings is 1. The van der Waals surface area contributed by atoms with E-state index in [1.807, 2.05) is 4.90 Å². The van der Waals surface area contributed by atoms with E-state index in [2.05, 4.69) is 5.32 Å². The summed E-state index contributed by atoms with van der Waals surface area (Å²) >= 11 is 1.07. The number of rotatable bonds is 5. The summed E-state index contributed by atoms with van der Waals surface area (Å²) in [6.07, 6.45) is 4.94. The quantitative estimate of drug-likeness (QED) is 0.656. The first kappa shape index (κ1) is 24.8. The van der Waals surface area contributed by atoms with Gasteiger partial charge in [-0.3, -0.25) is 9.59 Å². The van der Waals surface area contributed by atoms with Crippen molar-refractivity contribution in [2.24, 2.45) is 5.92 Å². The van der Waals surface area contributed by atoms with Crippen LogP contribution in [0.5, 0.6) is 0 Å². The fourth-order valence-electron chi connectivity index (χ4n) is 4.42. The van der Waals surface area contributed by atoms with Gasteiger partial charge in [0.25, 0.3) is 15.9 Å². The summed E-state index contributed by atoms with van der Waals surface area (Å²) in [4.78, 5) is 27.2. The van der Waals surface area contributed by atoms with Gasteiger partial charge in [0.05, 0.1) is 5.56 Å². The number of aryl methyl sites for hydroxylation is 1. The predicted octanol–water partition coefficient (Wildman–Crippen LogP) is 4.25. The summed E-state index contributed by atoms with van der Waals surface area (Å²) in [5, 5.41) is 4.36. The number of anilines is 1. The Bertz CT molecular complexity index is 1150. The summed E-state index contributed by atoms with van der Waals surface area (Å²) < 4.78 is 41.6. The van der Waals surface area contributed by atoms with E-state index in [0.717, 1.165) is 37.0 Å². The van der Waals surface area contributed by atoms with Gasteiger partial charge in [0.15, 0.2) is 0 Å². The van der Waals surface area contributed by atoms with E-state index in [0.29, 0.717) is 42.7 Å². The molecular formula is C24H30FN3O4S2. The summed E-state index contributed by atoms with van der Waals surface area (Å²) in [5.41, 5.74) is 1.31. The Balaban J connectivity index is 1.36. The van der Waals surface area contributed by atoms with Crippen LogP contribution < -0.4 is 5.32 Å². The average molecular weight is 508 g/mol. The highest BCUT2D eigenvalue weighted by Crippen LogP contribution is 2.29. The van der Waals surface area contributed by atoms with E-state index >= 15 is 0 Å². The number of hydrogen-bond acceptors (Lipinski definition) is 5. The first-order valence-corrected chi connectivity index (χ1v) is 14.0. The molecule has 2 saturated heterocycles. The van der Waals surface area contributed by atoms with Crippen LogP contribution in [0.15, 0.2) is 33.9 Å². The Kier molecular flexibility index (Phi) is 7.69. The fraction of sp³-hybridized carbons (Fsp3) is 0.500. The zero-order valence-electron chi connectivity index (χ0n) is 19.3. The maximum Gasteiger partial charge on any atom is 0.254 e. The number of sulfonamides is 1. The number of nitrogens with zero attached hydrogens (tertiary/aromatic N) is 2. The molecule has 0 saturated carbocycles. The smallest absolute Gasteiger partial charge is 0.254 e. The maximum absolute atomic E-state index is 13.7. The van der Waals surface area contributed by atoms with Gasteiger partial charge in [-0.2, -0.15) is 4.31 Å². The van der Waals surface area contributed by atoms with Crippen molar-refractivity contribution in [3.63, 3.8) is 0 Å². The van der Waals surface area contributed by atoms with Crippen LogP contribution in [0.2, 0.25) is 0 Å². The van der Waals surface area contributed by atoms with Gasteiger partial charge in [-0.15, -0.1) is 11.3 Å². The minimum atomic E-state index is -3.73. The second kappa shape index (κ2) is 10.5. The molecule has 2 amide bonds. The van der Waals surface area contributed by atoms with Crippen molar-refractivity contribution in [2.75, 3.05) is 31.5 Å². The van der Waals surface area contributed by atoms with Gasteiger partial charge in [-0.25, -0.2) is 12.8 Å². The van der Waals surface area contributed by atoms with E-state index < -0.39 is 10.0 Å². The number of carbonyl (C=O) groups is 2. The summed E-state index contributed by atoms with van der Waals surface area (Å²) in [7, 11) is -3.73. The zero-order chi connectivity index (χ0) is 24.3. The summed E-state index contributed by atoms with van der Waals surface area (Å²) in [5.74, 6) is -1.08. The molecule has 3 heterocycles. The summed E-state index contributed by atoms with van der Waals surface area (Å²) in [6.45, 7) is 3.51. The molecule has 4 rings (SSSR count). The van der Waals surface area contributed by atoms with Crippen molar-refractivity contribution in [3.8, 4) is 0 Å².